The number of hydrogen-bond donors (Lipinski definition) is 2. The van der Waals surface area contributed by atoms with Crippen molar-refractivity contribution in [3.63, 3.8) is 0 Å². The summed E-state index contributed by atoms with van der Waals surface area (Å²) in [4.78, 5) is 0. The summed E-state index contributed by atoms with van der Waals surface area (Å²) in [7, 11) is 0. The second-order valence-electron chi connectivity index (χ2n) is 7.34. The molecule has 21 heavy (non-hydrogen) atoms. The van der Waals surface area contributed by atoms with Gasteiger partial charge in [-0.25, -0.2) is 0 Å². The van der Waals surface area contributed by atoms with Crippen LogP contribution < -0.4 is 0 Å². The summed E-state index contributed by atoms with van der Waals surface area (Å²) in [6.45, 7) is 2.31. The zero-order chi connectivity index (χ0) is 14.6. The number of fused-ring (bicyclic) bond motifs is 5. The van der Waals surface area contributed by atoms with Crippen LogP contribution in [0, 0.1) is 17.3 Å². The molecule has 0 heterocycles. The Hall–Kier alpha value is -1.51. The minimum atomic E-state index is 0.115. The summed E-state index contributed by atoms with van der Waals surface area (Å²) in [6, 6.07) is 5.93. The van der Waals surface area contributed by atoms with Crippen molar-refractivity contribution < 1.29 is 10.3 Å². The van der Waals surface area contributed by atoms with Crippen molar-refractivity contribution >= 4 is 5.71 Å². The molecule has 1 aromatic rings. The average Bonchev–Trinajstić information content (AvgIpc) is 2.83. The first kappa shape index (κ1) is 13.2. The number of benzene rings is 1. The molecule has 4 rings (SSSR count). The summed E-state index contributed by atoms with van der Waals surface area (Å²) < 4.78 is 0. The molecule has 2 saturated carbocycles. The maximum absolute atomic E-state index is 9.70. The molecule has 0 bridgehead atoms. The van der Waals surface area contributed by atoms with Crippen LogP contribution in [-0.4, -0.2) is 16.0 Å². The molecular formula is C18H23NO2. The number of phenols is 1. The maximum atomic E-state index is 9.70. The molecule has 0 amide bonds. The van der Waals surface area contributed by atoms with Gasteiger partial charge in [0.05, 0.1) is 5.71 Å². The highest BCUT2D eigenvalue weighted by molar-refractivity contribution is 5.92. The standard InChI is InChI=1S/C18H23NO2/c1-18-9-8-14-13-5-3-12(20)10-11(13)2-4-15(14)16(18)6-7-17(18)19-21/h3,5,10,14-16,20-21H,2,4,6-9H2,1H3. The van der Waals surface area contributed by atoms with Gasteiger partial charge in [0.25, 0.3) is 0 Å². The lowest BCUT2D eigenvalue weighted by Gasteiger charge is -2.48. The third-order valence-corrected chi connectivity index (χ3v) is 6.57. The maximum Gasteiger partial charge on any atom is 0.115 e. The highest BCUT2D eigenvalue weighted by Crippen LogP contribution is 2.59. The van der Waals surface area contributed by atoms with Gasteiger partial charge in [0.15, 0.2) is 0 Å². The summed E-state index contributed by atoms with van der Waals surface area (Å²) in [5.41, 5.74) is 3.95. The predicted octanol–water partition coefficient (Wildman–Crippen LogP) is 4.08. The van der Waals surface area contributed by atoms with Crippen molar-refractivity contribution in [3.8, 4) is 5.75 Å². The van der Waals surface area contributed by atoms with Crippen LogP contribution in [0.3, 0.4) is 0 Å². The van der Waals surface area contributed by atoms with Crippen LogP contribution in [0.1, 0.15) is 56.1 Å². The Balaban J connectivity index is 1.72. The molecule has 3 aliphatic carbocycles. The first-order chi connectivity index (χ1) is 10.1. The number of nitrogens with zero attached hydrogens (tertiary/aromatic N) is 1. The molecule has 3 aliphatic rings. The van der Waals surface area contributed by atoms with Crippen molar-refractivity contribution in [1.82, 2.24) is 0 Å². The van der Waals surface area contributed by atoms with Gasteiger partial charge < -0.3 is 10.3 Å². The Morgan fingerprint density at radius 1 is 1.19 bits per heavy atom. The van der Waals surface area contributed by atoms with Crippen molar-refractivity contribution in [2.75, 3.05) is 0 Å². The number of aromatic hydroxyl groups is 1. The van der Waals surface area contributed by atoms with Crippen molar-refractivity contribution in [1.29, 1.82) is 0 Å². The van der Waals surface area contributed by atoms with Crippen molar-refractivity contribution in [2.24, 2.45) is 22.4 Å². The Morgan fingerprint density at radius 3 is 2.86 bits per heavy atom. The lowest BCUT2D eigenvalue weighted by molar-refractivity contribution is 0.0938. The van der Waals surface area contributed by atoms with Gasteiger partial charge in [-0.3, -0.25) is 0 Å². The molecule has 0 aliphatic heterocycles. The van der Waals surface area contributed by atoms with Crippen LogP contribution in [0.2, 0.25) is 0 Å². The highest BCUT2D eigenvalue weighted by atomic mass is 16.4. The number of oxime groups is 1. The Bertz CT molecular complexity index is 609. The van der Waals surface area contributed by atoms with E-state index in [4.69, 9.17) is 0 Å². The fraction of sp³-hybridized carbons (Fsp3) is 0.611. The number of aryl methyl sites for hydroxylation is 1. The van der Waals surface area contributed by atoms with Crippen LogP contribution in [0.25, 0.3) is 0 Å². The first-order valence-corrected chi connectivity index (χ1v) is 8.16. The molecule has 0 aromatic heterocycles. The number of rotatable bonds is 0. The summed E-state index contributed by atoms with van der Waals surface area (Å²) >= 11 is 0. The average molecular weight is 285 g/mol. The third-order valence-electron chi connectivity index (χ3n) is 6.57. The zero-order valence-corrected chi connectivity index (χ0v) is 12.5. The molecular weight excluding hydrogens is 262 g/mol. The van der Waals surface area contributed by atoms with Crippen molar-refractivity contribution in [3.05, 3.63) is 29.3 Å². The normalized spacial score (nSPS) is 39.7. The molecule has 0 saturated heterocycles. The van der Waals surface area contributed by atoms with E-state index in [0.717, 1.165) is 25.0 Å². The molecule has 0 radical (unpaired) electrons. The van der Waals surface area contributed by atoms with E-state index in [-0.39, 0.29) is 5.41 Å². The molecule has 2 fully saturated rings. The summed E-state index contributed by atoms with van der Waals surface area (Å²) in [6.07, 6.45) is 6.71. The van der Waals surface area contributed by atoms with Gasteiger partial charge in [-0.15, -0.1) is 0 Å². The molecule has 4 atom stereocenters. The van der Waals surface area contributed by atoms with Crippen LogP contribution in [-0.2, 0) is 6.42 Å². The molecule has 3 heteroatoms. The van der Waals surface area contributed by atoms with E-state index in [1.54, 1.807) is 0 Å². The molecule has 3 nitrogen and oxygen atoms in total. The van der Waals surface area contributed by atoms with Gasteiger partial charge in [0.2, 0.25) is 0 Å². The molecule has 112 valence electrons. The SMILES string of the molecule is CC12CCC3c4ccc(O)cc4CCC3C1CCC2=NO. The van der Waals surface area contributed by atoms with Crippen LogP contribution in [0.5, 0.6) is 5.75 Å². The number of hydrogen-bond acceptors (Lipinski definition) is 3. The molecule has 1 aromatic carbocycles. The Morgan fingerprint density at radius 2 is 2.05 bits per heavy atom. The molecule has 2 N–H and O–H groups in total. The van der Waals surface area contributed by atoms with E-state index in [2.05, 4.69) is 18.1 Å². The Labute approximate surface area is 125 Å². The van der Waals surface area contributed by atoms with E-state index in [0.29, 0.717) is 23.5 Å². The monoisotopic (exact) mass is 285 g/mol. The quantitative estimate of drug-likeness (QED) is 0.557. The fourth-order valence-corrected chi connectivity index (χ4v) is 5.52. The second-order valence-corrected chi connectivity index (χ2v) is 7.34. The largest absolute Gasteiger partial charge is 0.508 e. The van der Waals surface area contributed by atoms with Crippen LogP contribution >= 0.6 is 0 Å². The van der Waals surface area contributed by atoms with Gasteiger partial charge in [-0.05, 0) is 79.5 Å². The number of phenolic OH excluding ortho intramolecular Hbond substituents is 1. The van der Waals surface area contributed by atoms with E-state index in [9.17, 15) is 10.3 Å². The molecule has 4 unspecified atom stereocenters. The minimum Gasteiger partial charge on any atom is -0.508 e. The zero-order valence-electron chi connectivity index (χ0n) is 12.5. The van der Waals surface area contributed by atoms with Gasteiger partial charge in [0.1, 0.15) is 5.75 Å². The first-order valence-electron chi connectivity index (χ1n) is 8.16. The fourth-order valence-electron chi connectivity index (χ4n) is 5.52. The Kier molecular flexibility index (Phi) is 2.82. The van der Waals surface area contributed by atoms with Gasteiger partial charge in [-0.2, -0.15) is 0 Å². The van der Waals surface area contributed by atoms with Crippen LogP contribution in [0.4, 0.5) is 0 Å². The topological polar surface area (TPSA) is 52.8 Å². The smallest absolute Gasteiger partial charge is 0.115 e. The highest BCUT2D eigenvalue weighted by Gasteiger charge is 2.53. The van der Waals surface area contributed by atoms with E-state index < -0.39 is 0 Å². The van der Waals surface area contributed by atoms with E-state index >= 15 is 0 Å². The van der Waals surface area contributed by atoms with Crippen molar-refractivity contribution in [2.45, 2.75) is 51.4 Å². The summed E-state index contributed by atoms with van der Waals surface area (Å²) in [5.74, 6) is 2.39. The third kappa shape index (κ3) is 1.76. The van der Waals surface area contributed by atoms with E-state index in [1.807, 2.05) is 12.1 Å². The van der Waals surface area contributed by atoms with Gasteiger partial charge in [-0.1, -0.05) is 18.1 Å². The molecule has 0 spiro atoms. The van der Waals surface area contributed by atoms with E-state index in [1.165, 1.54) is 30.4 Å². The summed E-state index contributed by atoms with van der Waals surface area (Å²) in [5, 5.41) is 22.6. The lowest BCUT2D eigenvalue weighted by atomic mass is 9.55. The minimum absolute atomic E-state index is 0.115. The van der Waals surface area contributed by atoms with Gasteiger partial charge >= 0.3 is 0 Å². The predicted molar refractivity (Wildman–Crippen MR) is 81.9 cm³/mol. The van der Waals surface area contributed by atoms with Crippen LogP contribution in [0.15, 0.2) is 23.4 Å². The van der Waals surface area contributed by atoms with Gasteiger partial charge in [0, 0.05) is 5.41 Å². The second kappa shape index (κ2) is 4.49. The lowest BCUT2D eigenvalue weighted by Crippen LogP contribution is -2.42.